The molecular weight excluding hydrogens is 318 g/mol. The fourth-order valence-electron chi connectivity index (χ4n) is 2.10. The number of aliphatic carboxylic acids is 1. The fourth-order valence-corrected chi connectivity index (χ4v) is 3.32. The molecule has 0 saturated carbocycles. The zero-order valence-electron chi connectivity index (χ0n) is 12.5. The minimum atomic E-state index is -3.85. The van der Waals surface area contributed by atoms with Crippen LogP contribution in [0.1, 0.15) is 18.0 Å². The molecule has 1 atom stereocenters. The van der Waals surface area contributed by atoms with Gasteiger partial charge >= 0.3 is 5.97 Å². The molecule has 0 amide bonds. The van der Waals surface area contributed by atoms with Gasteiger partial charge < -0.3 is 9.84 Å². The normalized spacial score (nSPS) is 12.6. The standard InChI is InChI=1S/C16H17NO5S/c1-22-13-7-9-14(10-8-13)23(20,21)17-15(11-16(18)19)12-5-3-2-4-6-12/h2-10,15,17H,11H2,1H3,(H,18,19)/t15-/m1/s1. The third-order valence-electron chi connectivity index (χ3n) is 3.25. The van der Waals surface area contributed by atoms with Gasteiger partial charge in [0.2, 0.25) is 10.0 Å². The Morgan fingerprint density at radius 2 is 1.74 bits per heavy atom. The van der Waals surface area contributed by atoms with Gasteiger partial charge in [0.05, 0.1) is 24.5 Å². The largest absolute Gasteiger partial charge is 0.497 e. The molecule has 23 heavy (non-hydrogen) atoms. The number of nitrogens with one attached hydrogen (secondary N) is 1. The van der Waals surface area contributed by atoms with E-state index in [1.807, 2.05) is 0 Å². The van der Waals surface area contributed by atoms with Gasteiger partial charge in [-0.15, -0.1) is 0 Å². The molecule has 122 valence electrons. The maximum absolute atomic E-state index is 12.5. The predicted octanol–water partition coefficient (Wildman–Crippen LogP) is 2.19. The number of carbonyl (C=O) groups is 1. The van der Waals surface area contributed by atoms with E-state index in [1.54, 1.807) is 30.3 Å². The smallest absolute Gasteiger partial charge is 0.305 e. The topological polar surface area (TPSA) is 92.7 Å². The van der Waals surface area contributed by atoms with Crippen LogP contribution in [0, 0.1) is 0 Å². The van der Waals surface area contributed by atoms with E-state index in [1.165, 1.54) is 31.4 Å². The molecule has 0 unspecified atom stereocenters. The van der Waals surface area contributed by atoms with Crippen molar-refractivity contribution in [2.75, 3.05) is 7.11 Å². The quantitative estimate of drug-likeness (QED) is 0.809. The van der Waals surface area contributed by atoms with Crippen LogP contribution < -0.4 is 9.46 Å². The first kappa shape index (κ1) is 17.0. The van der Waals surface area contributed by atoms with Gasteiger partial charge in [0.25, 0.3) is 0 Å². The van der Waals surface area contributed by atoms with Crippen LogP contribution in [0.4, 0.5) is 0 Å². The molecule has 0 aliphatic heterocycles. The van der Waals surface area contributed by atoms with E-state index in [2.05, 4.69) is 4.72 Å². The Balaban J connectivity index is 2.28. The van der Waals surface area contributed by atoms with Crippen molar-refractivity contribution >= 4 is 16.0 Å². The van der Waals surface area contributed by atoms with Crippen LogP contribution in [0.2, 0.25) is 0 Å². The summed E-state index contributed by atoms with van der Waals surface area (Å²) in [5, 5.41) is 9.03. The van der Waals surface area contributed by atoms with Crippen molar-refractivity contribution in [1.82, 2.24) is 4.72 Å². The lowest BCUT2D eigenvalue weighted by atomic mass is 10.1. The molecule has 6 nitrogen and oxygen atoms in total. The van der Waals surface area contributed by atoms with Crippen LogP contribution >= 0.6 is 0 Å². The minimum absolute atomic E-state index is 0.0459. The van der Waals surface area contributed by atoms with Gasteiger partial charge in [-0.3, -0.25) is 4.79 Å². The molecule has 0 aliphatic rings. The Morgan fingerprint density at radius 3 is 2.26 bits per heavy atom. The number of sulfonamides is 1. The molecule has 0 heterocycles. The van der Waals surface area contributed by atoms with E-state index in [-0.39, 0.29) is 11.3 Å². The van der Waals surface area contributed by atoms with Crippen molar-refractivity contribution in [1.29, 1.82) is 0 Å². The summed E-state index contributed by atoms with van der Waals surface area (Å²) in [6, 6.07) is 13.6. The van der Waals surface area contributed by atoms with Crippen molar-refractivity contribution in [3.05, 3.63) is 60.2 Å². The molecule has 2 aromatic rings. The summed E-state index contributed by atoms with van der Waals surface area (Å²) in [6.45, 7) is 0. The molecule has 0 radical (unpaired) electrons. The Bertz CT molecular complexity index is 757. The van der Waals surface area contributed by atoms with Crippen molar-refractivity contribution in [2.45, 2.75) is 17.4 Å². The molecule has 0 fully saturated rings. The Morgan fingerprint density at radius 1 is 1.13 bits per heavy atom. The number of carboxylic acid groups (broad SMARTS) is 1. The van der Waals surface area contributed by atoms with Crippen molar-refractivity contribution in [2.24, 2.45) is 0 Å². The minimum Gasteiger partial charge on any atom is -0.497 e. The van der Waals surface area contributed by atoms with E-state index < -0.39 is 22.0 Å². The highest BCUT2D eigenvalue weighted by molar-refractivity contribution is 7.89. The average Bonchev–Trinajstić information content (AvgIpc) is 2.54. The van der Waals surface area contributed by atoms with E-state index in [9.17, 15) is 13.2 Å². The number of methoxy groups -OCH3 is 1. The lowest BCUT2D eigenvalue weighted by Gasteiger charge is -2.17. The van der Waals surface area contributed by atoms with E-state index in [0.29, 0.717) is 11.3 Å². The SMILES string of the molecule is COc1ccc(S(=O)(=O)N[C@H](CC(=O)O)c2ccccc2)cc1. The number of benzene rings is 2. The Kier molecular flexibility index (Phi) is 5.36. The zero-order valence-corrected chi connectivity index (χ0v) is 13.3. The van der Waals surface area contributed by atoms with Gasteiger partial charge in [0.15, 0.2) is 0 Å². The molecule has 0 bridgehead atoms. The zero-order chi connectivity index (χ0) is 16.9. The number of carboxylic acids is 1. The molecule has 0 spiro atoms. The second-order valence-electron chi connectivity index (χ2n) is 4.86. The summed E-state index contributed by atoms with van der Waals surface area (Å²) in [5.41, 5.74) is 0.590. The third kappa shape index (κ3) is 4.54. The lowest BCUT2D eigenvalue weighted by Crippen LogP contribution is -2.30. The lowest BCUT2D eigenvalue weighted by molar-refractivity contribution is -0.137. The first-order valence-electron chi connectivity index (χ1n) is 6.85. The Labute approximate surface area is 134 Å². The number of rotatable bonds is 7. The first-order valence-corrected chi connectivity index (χ1v) is 8.34. The summed E-state index contributed by atoms with van der Waals surface area (Å²) < 4.78 is 32.3. The van der Waals surface area contributed by atoms with Crippen molar-refractivity contribution in [3.63, 3.8) is 0 Å². The molecule has 0 aromatic heterocycles. The second-order valence-corrected chi connectivity index (χ2v) is 6.57. The summed E-state index contributed by atoms with van der Waals surface area (Å²) >= 11 is 0. The first-order chi connectivity index (χ1) is 10.9. The van der Waals surface area contributed by atoms with E-state index in [0.717, 1.165) is 0 Å². The maximum atomic E-state index is 12.5. The molecule has 2 aromatic carbocycles. The van der Waals surface area contributed by atoms with Gasteiger partial charge in [-0.25, -0.2) is 13.1 Å². The van der Waals surface area contributed by atoms with Gasteiger partial charge in [0.1, 0.15) is 5.75 Å². The van der Waals surface area contributed by atoms with Crippen LogP contribution in [-0.2, 0) is 14.8 Å². The van der Waals surface area contributed by atoms with E-state index in [4.69, 9.17) is 9.84 Å². The van der Waals surface area contributed by atoms with Gasteiger partial charge in [-0.05, 0) is 29.8 Å². The van der Waals surface area contributed by atoms with Gasteiger partial charge in [-0.2, -0.15) is 0 Å². The van der Waals surface area contributed by atoms with Crippen LogP contribution in [0.5, 0.6) is 5.75 Å². The number of ether oxygens (including phenoxy) is 1. The number of hydrogen-bond donors (Lipinski definition) is 2. The summed E-state index contributed by atoms with van der Waals surface area (Å²) in [4.78, 5) is 11.1. The highest BCUT2D eigenvalue weighted by atomic mass is 32.2. The summed E-state index contributed by atoms with van der Waals surface area (Å²) in [5.74, 6) is -0.551. The van der Waals surface area contributed by atoms with Crippen LogP contribution in [0.3, 0.4) is 0 Å². The average molecular weight is 335 g/mol. The van der Waals surface area contributed by atoms with Crippen molar-refractivity contribution in [3.8, 4) is 5.75 Å². The Hall–Kier alpha value is -2.38. The fraction of sp³-hybridized carbons (Fsp3) is 0.188. The molecule has 7 heteroatoms. The summed E-state index contributed by atoms with van der Waals surface area (Å²) in [7, 11) is -2.36. The molecule has 2 N–H and O–H groups in total. The molecule has 0 saturated heterocycles. The molecule has 2 rings (SSSR count). The van der Waals surface area contributed by atoms with E-state index >= 15 is 0 Å². The highest BCUT2D eigenvalue weighted by Gasteiger charge is 2.23. The van der Waals surface area contributed by atoms with Crippen LogP contribution in [0.15, 0.2) is 59.5 Å². The number of hydrogen-bond acceptors (Lipinski definition) is 4. The van der Waals surface area contributed by atoms with Gasteiger partial charge in [-0.1, -0.05) is 30.3 Å². The van der Waals surface area contributed by atoms with Crippen molar-refractivity contribution < 1.29 is 23.1 Å². The van der Waals surface area contributed by atoms with Gasteiger partial charge in [0, 0.05) is 0 Å². The molecular formula is C16H17NO5S. The molecule has 0 aliphatic carbocycles. The van der Waals surface area contributed by atoms with Crippen LogP contribution in [-0.4, -0.2) is 26.6 Å². The third-order valence-corrected chi connectivity index (χ3v) is 4.74. The predicted molar refractivity (Wildman–Crippen MR) is 84.8 cm³/mol. The highest BCUT2D eigenvalue weighted by Crippen LogP contribution is 2.21. The monoisotopic (exact) mass is 335 g/mol. The maximum Gasteiger partial charge on any atom is 0.305 e. The second kappa shape index (κ2) is 7.26. The summed E-state index contributed by atoms with van der Waals surface area (Å²) in [6.07, 6.45) is -0.348. The van der Waals surface area contributed by atoms with Crippen LogP contribution in [0.25, 0.3) is 0 Å².